The summed E-state index contributed by atoms with van der Waals surface area (Å²) >= 11 is 1.65. The maximum atomic E-state index is 8.72. The lowest BCUT2D eigenvalue weighted by atomic mass is 10.3. The largest absolute Gasteiger partial charge is 0.361 e. The predicted octanol–water partition coefficient (Wildman–Crippen LogP) is 0.867. The third kappa shape index (κ3) is 2.29. The highest BCUT2D eigenvalue weighted by atomic mass is 32.1. The summed E-state index contributed by atoms with van der Waals surface area (Å²) in [6.07, 6.45) is 1.53. The zero-order valence-electron chi connectivity index (χ0n) is 7.72. The molecule has 1 aromatic heterocycles. The first-order valence-electron chi connectivity index (χ1n) is 4.50. The summed E-state index contributed by atoms with van der Waals surface area (Å²) in [7, 11) is 0. The van der Waals surface area contributed by atoms with E-state index in [0.717, 1.165) is 18.1 Å². The average Bonchev–Trinajstić information content (AvgIpc) is 2.71. The minimum Gasteiger partial charge on any atom is -0.361 e. The maximum Gasteiger partial charge on any atom is 0.156 e. The monoisotopic (exact) mass is 209 g/mol. The van der Waals surface area contributed by atoms with Gasteiger partial charge in [-0.2, -0.15) is 5.26 Å². The van der Waals surface area contributed by atoms with Crippen LogP contribution in [-0.4, -0.2) is 35.7 Å². The molecule has 4 nitrogen and oxygen atoms in total. The molecular weight excluding hydrogens is 198 g/mol. The van der Waals surface area contributed by atoms with Crippen LogP contribution in [0.5, 0.6) is 0 Å². The predicted molar refractivity (Wildman–Crippen MR) is 52.7 cm³/mol. The Balaban J connectivity index is 1.90. The molecule has 1 aliphatic rings. The molecule has 1 fully saturated rings. The van der Waals surface area contributed by atoms with E-state index in [1.54, 1.807) is 11.3 Å². The van der Waals surface area contributed by atoms with Gasteiger partial charge in [-0.1, -0.05) is 0 Å². The smallest absolute Gasteiger partial charge is 0.156 e. The highest BCUT2D eigenvalue weighted by Gasteiger charge is 2.20. The van der Waals surface area contributed by atoms with Crippen LogP contribution in [0, 0.1) is 11.3 Å². The zero-order chi connectivity index (χ0) is 9.80. The van der Waals surface area contributed by atoms with E-state index in [1.807, 2.05) is 11.6 Å². The van der Waals surface area contributed by atoms with E-state index in [9.17, 15) is 0 Å². The molecule has 0 bridgehead atoms. The van der Waals surface area contributed by atoms with Gasteiger partial charge in [-0.25, -0.2) is 4.98 Å². The van der Waals surface area contributed by atoms with Crippen LogP contribution in [0.3, 0.4) is 0 Å². The Morgan fingerprint density at radius 2 is 2.71 bits per heavy atom. The molecule has 2 rings (SSSR count). The Labute approximate surface area is 86.7 Å². The summed E-state index contributed by atoms with van der Waals surface area (Å²) in [4.78, 5) is 6.42. The van der Waals surface area contributed by atoms with Gasteiger partial charge < -0.3 is 4.74 Å². The highest BCUT2D eigenvalue weighted by molar-refractivity contribution is 7.09. The molecule has 5 heteroatoms. The number of rotatable bonds is 2. The molecule has 0 saturated carbocycles. The minimum atomic E-state index is -0.274. The van der Waals surface area contributed by atoms with Crippen LogP contribution in [0.15, 0.2) is 11.6 Å². The Morgan fingerprint density at radius 1 is 1.79 bits per heavy atom. The van der Waals surface area contributed by atoms with Crippen LogP contribution < -0.4 is 0 Å². The molecule has 74 valence electrons. The molecule has 0 aliphatic carbocycles. The lowest BCUT2D eigenvalue weighted by Crippen LogP contribution is -2.41. The molecule has 1 saturated heterocycles. The van der Waals surface area contributed by atoms with E-state index in [1.165, 1.54) is 0 Å². The Morgan fingerprint density at radius 3 is 3.43 bits per heavy atom. The lowest BCUT2D eigenvalue weighted by molar-refractivity contribution is -0.00271. The summed E-state index contributed by atoms with van der Waals surface area (Å²) in [6, 6.07) is 2.13. The van der Waals surface area contributed by atoms with Crippen molar-refractivity contribution in [1.29, 1.82) is 5.26 Å². The van der Waals surface area contributed by atoms with Crippen molar-refractivity contribution in [2.45, 2.75) is 12.6 Å². The Bertz CT molecular complexity index is 319. The third-order valence-corrected chi connectivity index (χ3v) is 2.90. The zero-order valence-corrected chi connectivity index (χ0v) is 8.54. The van der Waals surface area contributed by atoms with E-state index < -0.39 is 0 Å². The van der Waals surface area contributed by atoms with Gasteiger partial charge in [-0.15, -0.1) is 11.3 Å². The van der Waals surface area contributed by atoms with Gasteiger partial charge >= 0.3 is 0 Å². The summed E-state index contributed by atoms with van der Waals surface area (Å²) in [5.41, 5.74) is 0. The van der Waals surface area contributed by atoms with Crippen LogP contribution in [0.4, 0.5) is 0 Å². The average molecular weight is 209 g/mol. The van der Waals surface area contributed by atoms with Crippen LogP contribution in [-0.2, 0) is 11.3 Å². The molecule has 14 heavy (non-hydrogen) atoms. The number of ether oxygens (including phenoxy) is 1. The molecule has 1 aliphatic heterocycles. The minimum absolute atomic E-state index is 0.274. The molecule has 1 unspecified atom stereocenters. The van der Waals surface area contributed by atoms with Crippen LogP contribution in [0.2, 0.25) is 0 Å². The number of thiazole rings is 1. The molecule has 1 atom stereocenters. The normalized spacial score (nSPS) is 23.2. The van der Waals surface area contributed by atoms with Crippen LogP contribution >= 0.6 is 11.3 Å². The summed E-state index contributed by atoms with van der Waals surface area (Å²) in [5, 5.41) is 11.8. The van der Waals surface area contributed by atoms with Gasteiger partial charge in [-0.3, -0.25) is 4.90 Å². The van der Waals surface area contributed by atoms with Crippen molar-refractivity contribution in [3.63, 3.8) is 0 Å². The molecule has 0 radical (unpaired) electrons. The van der Waals surface area contributed by atoms with Crippen LogP contribution in [0.25, 0.3) is 0 Å². The van der Waals surface area contributed by atoms with Crippen molar-refractivity contribution < 1.29 is 4.74 Å². The topological polar surface area (TPSA) is 49.2 Å². The quantitative estimate of drug-likeness (QED) is 0.725. The second-order valence-electron chi connectivity index (χ2n) is 3.15. The number of hydrogen-bond donors (Lipinski definition) is 0. The van der Waals surface area contributed by atoms with E-state index in [-0.39, 0.29) is 6.10 Å². The Kier molecular flexibility index (Phi) is 3.09. The first-order valence-corrected chi connectivity index (χ1v) is 5.38. The van der Waals surface area contributed by atoms with Gasteiger partial charge in [0, 0.05) is 24.7 Å². The summed E-state index contributed by atoms with van der Waals surface area (Å²) < 4.78 is 5.26. The fourth-order valence-corrected chi connectivity index (χ4v) is 2.10. The maximum absolute atomic E-state index is 8.72. The van der Waals surface area contributed by atoms with Crippen molar-refractivity contribution in [1.82, 2.24) is 9.88 Å². The fraction of sp³-hybridized carbons (Fsp3) is 0.556. The lowest BCUT2D eigenvalue weighted by Gasteiger charge is -2.28. The van der Waals surface area contributed by atoms with E-state index in [0.29, 0.717) is 13.2 Å². The number of aromatic nitrogens is 1. The standard InChI is InChI=1S/C9H11N3OS/c10-5-8-6-12(2-3-13-8)7-9-11-1-4-14-9/h1,4,8H,2-3,6-7H2. The molecule has 0 amide bonds. The van der Waals surface area contributed by atoms with E-state index in [2.05, 4.69) is 16.0 Å². The first-order chi connectivity index (χ1) is 6.88. The van der Waals surface area contributed by atoms with E-state index >= 15 is 0 Å². The highest BCUT2D eigenvalue weighted by Crippen LogP contribution is 2.11. The molecule has 1 aromatic rings. The van der Waals surface area contributed by atoms with Crippen molar-refractivity contribution >= 4 is 11.3 Å². The molecule has 2 heterocycles. The van der Waals surface area contributed by atoms with Crippen LogP contribution in [0.1, 0.15) is 5.01 Å². The van der Waals surface area contributed by atoms with Gasteiger partial charge in [0.1, 0.15) is 5.01 Å². The van der Waals surface area contributed by atoms with E-state index in [4.69, 9.17) is 10.00 Å². The SMILES string of the molecule is N#CC1CN(Cc2nccs2)CCO1. The summed E-state index contributed by atoms with van der Waals surface area (Å²) in [5.74, 6) is 0. The van der Waals surface area contributed by atoms with Crippen molar-refractivity contribution in [3.8, 4) is 6.07 Å². The molecular formula is C9H11N3OS. The molecule has 0 spiro atoms. The third-order valence-electron chi connectivity index (χ3n) is 2.14. The number of hydrogen-bond acceptors (Lipinski definition) is 5. The van der Waals surface area contributed by atoms with Crippen molar-refractivity contribution in [2.24, 2.45) is 0 Å². The van der Waals surface area contributed by atoms with Crippen molar-refractivity contribution in [3.05, 3.63) is 16.6 Å². The first kappa shape index (κ1) is 9.59. The van der Waals surface area contributed by atoms with Gasteiger partial charge in [-0.05, 0) is 0 Å². The molecule has 0 aromatic carbocycles. The Hall–Kier alpha value is -0.960. The number of morpholine rings is 1. The van der Waals surface area contributed by atoms with Crippen molar-refractivity contribution in [2.75, 3.05) is 19.7 Å². The van der Waals surface area contributed by atoms with Gasteiger partial charge in [0.15, 0.2) is 6.10 Å². The molecule has 0 N–H and O–H groups in total. The van der Waals surface area contributed by atoms with Gasteiger partial charge in [0.2, 0.25) is 0 Å². The van der Waals surface area contributed by atoms with Gasteiger partial charge in [0.05, 0.1) is 19.2 Å². The second-order valence-corrected chi connectivity index (χ2v) is 4.13. The van der Waals surface area contributed by atoms with Gasteiger partial charge in [0.25, 0.3) is 0 Å². The second kappa shape index (κ2) is 4.51. The number of nitriles is 1. The number of nitrogens with zero attached hydrogens (tertiary/aromatic N) is 3. The summed E-state index contributed by atoms with van der Waals surface area (Å²) in [6.45, 7) is 3.05. The fourth-order valence-electron chi connectivity index (χ4n) is 1.45.